The molecule has 1 aromatic carbocycles. The first-order chi connectivity index (χ1) is 9.97. The summed E-state index contributed by atoms with van der Waals surface area (Å²) in [7, 11) is 2.92. The van der Waals surface area contributed by atoms with Crippen molar-refractivity contribution < 1.29 is 19.2 Å². The summed E-state index contributed by atoms with van der Waals surface area (Å²) in [6.07, 6.45) is 0.0402. The number of benzene rings is 1. The third-order valence-electron chi connectivity index (χ3n) is 3.41. The maximum Gasteiger partial charge on any atom is 0.311 e. The fourth-order valence-electron chi connectivity index (χ4n) is 2.33. The Morgan fingerprint density at radius 1 is 1.52 bits per heavy atom. The van der Waals surface area contributed by atoms with E-state index in [-0.39, 0.29) is 24.6 Å². The van der Waals surface area contributed by atoms with E-state index in [2.05, 4.69) is 10.1 Å². The highest BCUT2D eigenvalue weighted by molar-refractivity contribution is 6.02. The lowest BCUT2D eigenvalue weighted by Gasteiger charge is -2.19. The number of methoxy groups -OCH3 is 1. The number of carbonyl (C=O) groups excluding carboxylic acids is 2. The second kappa shape index (κ2) is 5.78. The summed E-state index contributed by atoms with van der Waals surface area (Å²) in [5.41, 5.74) is 0.862. The summed E-state index contributed by atoms with van der Waals surface area (Å²) in [6.45, 7) is 0.154. The Hall–Kier alpha value is -2.64. The number of rotatable bonds is 4. The van der Waals surface area contributed by atoms with Gasteiger partial charge < -0.3 is 15.0 Å². The van der Waals surface area contributed by atoms with Gasteiger partial charge in [0.25, 0.3) is 5.69 Å². The zero-order valence-electron chi connectivity index (χ0n) is 11.7. The topological polar surface area (TPSA) is 102 Å². The lowest BCUT2D eigenvalue weighted by molar-refractivity contribution is -0.384. The van der Waals surface area contributed by atoms with Gasteiger partial charge in [-0.25, -0.2) is 0 Å². The molecule has 1 aliphatic rings. The van der Waals surface area contributed by atoms with Crippen molar-refractivity contribution in [1.29, 1.82) is 0 Å². The molecule has 1 N–H and O–H groups in total. The largest absolute Gasteiger partial charge is 0.469 e. The average molecular weight is 293 g/mol. The van der Waals surface area contributed by atoms with Gasteiger partial charge in [0.15, 0.2) is 0 Å². The summed E-state index contributed by atoms with van der Waals surface area (Å²) in [6, 6.07) is 4.21. The van der Waals surface area contributed by atoms with E-state index in [1.165, 1.54) is 30.2 Å². The molecule has 1 unspecified atom stereocenters. The van der Waals surface area contributed by atoms with E-state index in [0.29, 0.717) is 11.4 Å². The van der Waals surface area contributed by atoms with Crippen LogP contribution in [-0.2, 0) is 14.3 Å². The van der Waals surface area contributed by atoms with E-state index in [1.807, 2.05) is 0 Å². The Kier molecular flexibility index (Phi) is 4.06. The number of hydrogen-bond donors (Lipinski definition) is 1. The van der Waals surface area contributed by atoms with Gasteiger partial charge in [-0.1, -0.05) is 0 Å². The summed E-state index contributed by atoms with van der Waals surface area (Å²) < 4.78 is 4.64. The van der Waals surface area contributed by atoms with Crippen molar-refractivity contribution in [2.24, 2.45) is 5.92 Å². The van der Waals surface area contributed by atoms with E-state index in [4.69, 9.17) is 0 Å². The molecular formula is C13H15N3O5. The molecule has 8 nitrogen and oxygen atoms in total. The molecule has 0 aliphatic carbocycles. The Morgan fingerprint density at radius 2 is 2.24 bits per heavy atom. The van der Waals surface area contributed by atoms with Crippen LogP contribution >= 0.6 is 0 Å². The zero-order chi connectivity index (χ0) is 15.6. The minimum Gasteiger partial charge on any atom is -0.469 e. The van der Waals surface area contributed by atoms with Crippen LogP contribution in [0.4, 0.5) is 17.1 Å². The summed E-state index contributed by atoms with van der Waals surface area (Å²) >= 11 is 0. The number of non-ortho nitro benzene ring substituents is 1. The smallest absolute Gasteiger partial charge is 0.311 e. The molecule has 1 aliphatic heterocycles. The van der Waals surface area contributed by atoms with Crippen molar-refractivity contribution in [3.05, 3.63) is 28.3 Å². The van der Waals surface area contributed by atoms with Crippen molar-refractivity contribution in [2.75, 3.05) is 30.9 Å². The van der Waals surface area contributed by atoms with Crippen molar-refractivity contribution in [3.8, 4) is 0 Å². The van der Waals surface area contributed by atoms with Crippen LogP contribution in [0, 0.1) is 16.0 Å². The van der Waals surface area contributed by atoms with Crippen LogP contribution < -0.4 is 10.2 Å². The molecular weight excluding hydrogens is 278 g/mol. The first-order valence-corrected chi connectivity index (χ1v) is 6.32. The second-order valence-corrected chi connectivity index (χ2v) is 4.64. The number of anilines is 2. The van der Waals surface area contributed by atoms with E-state index in [0.717, 1.165) is 0 Å². The molecule has 0 saturated carbocycles. The molecule has 1 heterocycles. The minimum atomic E-state index is -0.550. The molecule has 0 radical (unpaired) electrons. The number of amides is 1. The van der Waals surface area contributed by atoms with Gasteiger partial charge in [0.05, 0.1) is 29.3 Å². The molecule has 1 amide bonds. The van der Waals surface area contributed by atoms with E-state index < -0.39 is 16.8 Å². The monoisotopic (exact) mass is 293 g/mol. The molecule has 112 valence electrons. The molecule has 1 atom stereocenters. The first kappa shape index (κ1) is 14.8. The van der Waals surface area contributed by atoms with Gasteiger partial charge in [-0.3, -0.25) is 19.7 Å². The van der Waals surface area contributed by atoms with Gasteiger partial charge in [-0.15, -0.1) is 0 Å². The Balaban J connectivity index is 2.36. The number of nitro benzene ring substituents is 1. The van der Waals surface area contributed by atoms with Crippen LogP contribution in [0.1, 0.15) is 6.42 Å². The minimum absolute atomic E-state index is 0.0402. The van der Waals surface area contributed by atoms with Crippen molar-refractivity contribution in [2.45, 2.75) is 6.42 Å². The molecule has 8 heteroatoms. The third kappa shape index (κ3) is 2.78. The third-order valence-corrected chi connectivity index (χ3v) is 3.41. The predicted molar refractivity (Wildman–Crippen MR) is 75.1 cm³/mol. The SMILES string of the molecule is CNc1ccc([N+](=O)[O-])cc1N1CC(C(=O)OC)CC1=O. The van der Waals surface area contributed by atoms with Crippen LogP contribution in [-0.4, -0.2) is 37.5 Å². The van der Waals surface area contributed by atoms with Gasteiger partial charge in [-0.05, 0) is 6.07 Å². The van der Waals surface area contributed by atoms with Crippen molar-refractivity contribution in [3.63, 3.8) is 0 Å². The van der Waals surface area contributed by atoms with Gasteiger partial charge in [0.1, 0.15) is 0 Å². The quantitative estimate of drug-likeness (QED) is 0.508. The highest BCUT2D eigenvalue weighted by atomic mass is 16.6. The van der Waals surface area contributed by atoms with Crippen LogP contribution in [0.2, 0.25) is 0 Å². The normalized spacial score (nSPS) is 17.7. The van der Waals surface area contributed by atoms with Crippen molar-refractivity contribution >= 4 is 28.9 Å². The molecule has 0 bridgehead atoms. The maximum atomic E-state index is 12.1. The number of nitrogens with zero attached hydrogens (tertiary/aromatic N) is 2. The van der Waals surface area contributed by atoms with E-state index in [9.17, 15) is 19.7 Å². The Bertz CT molecular complexity index is 601. The Morgan fingerprint density at radius 3 is 2.81 bits per heavy atom. The number of nitro groups is 1. The Labute approximate surface area is 120 Å². The lowest BCUT2D eigenvalue weighted by atomic mass is 10.1. The number of carbonyl (C=O) groups is 2. The number of ether oxygens (including phenoxy) is 1. The van der Waals surface area contributed by atoms with E-state index >= 15 is 0 Å². The molecule has 0 aromatic heterocycles. The maximum absolute atomic E-state index is 12.1. The average Bonchev–Trinajstić information content (AvgIpc) is 2.87. The van der Waals surface area contributed by atoms with Crippen LogP contribution in [0.15, 0.2) is 18.2 Å². The zero-order valence-corrected chi connectivity index (χ0v) is 11.7. The fraction of sp³-hybridized carbons (Fsp3) is 0.385. The first-order valence-electron chi connectivity index (χ1n) is 6.32. The number of nitrogens with one attached hydrogen (secondary N) is 1. The standard InChI is InChI=1S/C13H15N3O5/c1-14-10-4-3-9(16(19)20)6-11(10)15-7-8(5-12(15)17)13(18)21-2/h3-4,6,8,14H,5,7H2,1-2H3. The molecule has 1 saturated heterocycles. The lowest BCUT2D eigenvalue weighted by Crippen LogP contribution is -2.27. The number of esters is 1. The van der Waals surface area contributed by atoms with Gasteiger partial charge in [-0.2, -0.15) is 0 Å². The van der Waals surface area contributed by atoms with Gasteiger partial charge >= 0.3 is 5.97 Å². The van der Waals surface area contributed by atoms with Crippen molar-refractivity contribution in [1.82, 2.24) is 0 Å². The number of hydrogen-bond acceptors (Lipinski definition) is 6. The highest BCUT2D eigenvalue weighted by Crippen LogP contribution is 2.34. The molecule has 2 rings (SSSR count). The van der Waals surface area contributed by atoms with Crippen LogP contribution in [0.25, 0.3) is 0 Å². The molecule has 0 spiro atoms. The van der Waals surface area contributed by atoms with Gasteiger partial charge in [0, 0.05) is 32.1 Å². The summed E-state index contributed by atoms with van der Waals surface area (Å²) in [5.74, 6) is -1.27. The van der Waals surface area contributed by atoms with Crippen LogP contribution in [0.3, 0.4) is 0 Å². The van der Waals surface area contributed by atoms with Gasteiger partial charge in [0.2, 0.25) is 5.91 Å². The summed E-state index contributed by atoms with van der Waals surface area (Å²) in [4.78, 5) is 35.3. The predicted octanol–water partition coefficient (Wildman–Crippen LogP) is 1.16. The van der Waals surface area contributed by atoms with Crippen LogP contribution in [0.5, 0.6) is 0 Å². The molecule has 21 heavy (non-hydrogen) atoms. The second-order valence-electron chi connectivity index (χ2n) is 4.64. The summed E-state index contributed by atoms with van der Waals surface area (Å²) in [5, 5.41) is 13.8. The fourth-order valence-corrected chi connectivity index (χ4v) is 2.33. The highest BCUT2D eigenvalue weighted by Gasteiger charge is 2.37. The molecule has 1 fully saturated rings. The molecule has 1 aromatic rings. The van der Waals surface area contributed by atoms with E-state index in [1.54, 1.807) is 7.05 Å².